The zero-order chi connectivity index (χ0) is 11.5. The van der Waals surface area contributed by atoms with Crippen molar-refractivity contribution in [1.29, 1.82) is 0 Å². The van der Waals surface area contributed by atoms with Crippen molar-refractivity contribution >= 4 is 0 Å². The number of benzene rings is 1. The van der Waals surface area contributed by atoms with Gasteiger partial charge in [0.15, 0.2) is 0 Å². The Balaban J connectivity index is 2.97. The van der Waals surface area contributed by atoms with E-state index in [1.54, 1.807) is 13.2 Å². The second kappa shape index (κ2) is 4.62. The molecule has 0 heterocycles. The van der Waals surface area contributed by atoms with E-state index in [1.165, 1.54) is 12.1 Å². The molecule has 84 valence electrons. The summed E-state index contributed by atoms with van der Waals surface area (Å²) in [4.78, 5) is 0. The molecule has 15 heavy (non-hydrogen) atoms. The number of rotatable bonds is 4. The molecule has 0 aliphatic heterocycles. The van der Waals surface area contributed by atoms with Gasteiger partial charge in [0.2, 0.25) is 0 Å². The molecule has 1 aromatic rings. The normalized spacial score (nSPS) is 11.5. The number of hydrogen-bond acceptors (Lipinski definition) is 2. The number of ether oxygens (including phenoxy) is 1. The van der Waals surface area contributed by atoms with Crippen molar-refractivity contribution in [2.45, 2.75) is 25.8 Å². The molecule has 1 N–H and O–H groups in total. The fraction of sp³-hybridized carbons (Fsp3) is 0.500. The van der Waals surface area contributed by atoms with Crippen LogP contribution in [0, 0.1) is 5.82 Å². The van der Waals surface area contributed by atoms with E-state index in [0.29, 0.717) is 0 Å². The molecule has 0 aliphatic rings. The lowest BCUT2D eigenvalue weighted by Crippen LogP contribution is -2.38. The third kappa shape index (κ3) is 3.20. The molecule has 0 saturated carbocycles. The van der Waals surface area contributed by atoms with Crippen LogP contribution < -0.4 is 10.1 Å². The summed E-state index contributed by atoms with van der Waals surface area (Å²) < 4.78 is 18.3. The summed E-state index contributed by atoms with van der Waals surface area (Å²) >= 11 is 0. The van der Waals surface area contributed by atoms with Gasteiger partial charge in [0.1, 0.15) is 11.6 Å². The zero-order valence-electron chi connectivity index (χ0n) is 9.73. The molecular weight excluding hydrogens is 193 g/mol. The first-order valence-electron chi connectivity index (χ1n) is 5.00. The average Bonchev–Trinajstić information content (AvgIpc) is 2.18. The molecule has 0 amide bonds. The van der Waals surface area contributed by atoms with E-state index in [4.69, 9.17) is 4.74 Å². The summed E-state index contributed by atoms with van der Waals surface area (Å²) in [6.07, 6.45) is 0.727. The van der Waals surface area contributed by atoms with E-state index in [1.807, 2.05) is 7.05 Å². The minimum Gasteiger partial charge on any atom is -0.496 e. The van der Waals surface area contributed by atoms with E-state index in [2.05, 4.69) is 19.2 Å². The number of halogens is 1. The topological polar surface area (TPSA) is 21.3 Å². The fourth-order valence-electron chi connectivity index (χ4n) is 1.45. The Morgan fingerprint density at radius 2 is 2.07 bits per heavy atom. The van der Waals surface area contributed by atoms with Crippen LogP contribution in [-0.2, 0) is 6.42 Å². The molecule has 0 spiro atoms. The Hall–Kier alpha value is -1.09. The highest BCUT2D eigenvalue weighted by molar-refractivity contribution is 5.35. The first-order valence-corrected chi connectivity index (χ1v) is 5.00. The number of methoxy groups -OCH3 is 1. The Morgan fingerprint density at radius 1 is 1.40 bits per heavy atom. The summed E-state index contributed by atoms with van der Waals surface area (Å²) in [6.45, 7) is 4.13. The molecule has 0 unspecified atom stereocenters. The predicted octanol–water partition coefficient (Wildman–Crippen LogP) is 2.37. The van der Waals surface area contributed by atoms with Gasteiger partial charge in [-0.1, -0.05) is 0 Å². The molecule has 0 saturated heterocycles. The van der Waals surface area contributed by atoms with Crippen LogP contribution in [0.3, 0.4) is 0 Å². The highest BCUT2D eigenvalue weighted by atomic mass is 19.1. The minimum absolute atomic E-state index is 0.0684. The Morgan fingerprint density at radius 3 is 2.60 bits per heavy atom. The van der Waals surface area contributed by atoms with Crippen LogP contribution in [0.2, 0.25) is 0 Å². The van der Waals surface area contributed by atoms with E-state index >= 15 is 0 Å². The van der Waals surface area contributed by atoms with Crippen molar-refractivity contribution in [2.75, 3.05) is 14.2 Å². The van der Waals surface area contributed by atoms with Gasteiger partial charge in [-0.25, -0.2) is 4.39 Å². The van der Waals surface area contributed by atoms with Crippen LogP contribution in [-0.4, -0.2) is 19.7 Å². The lowest BCUT2D eigenvalue weighted by Gasteiger charge is -2.25. The van der Waals surface area contributed by atoms with Gasteiger partial charge >= 0.3 is 0 Å². The molecule has 1 rings (SSSR count). The lowest BCUT2D eigenvalue weighted by atomic mass is 9.94. The van der Waals surface area contributed by atoms with Gasteiger partial charge in [-0.2, -0.15) is 0 Å². The van der Waals surface area contributed by atoms with Gasteiger partial charge in [0.05, 0.1) is 7.11 Å². The van der Waals surface area contributed by atoms with Gasteiger partial charge in [-0.3, -0.25) is 0 Å². The number of likely N-dealkylation sites (N-methyl/N-ethyl adjacent to an activating group) is 1. The highest BCUT2D eigenvalue weighted by Gasteiger charge is 2.18. The quantitative estimate of drug-likeness (QED) is 0.825. The maximum atomic E-state index is 13.1. The van der Waals surface area contributed by atoms with Crippen LogP contribution in [0.15, 0.2) is 18.2 Å². The van der Waals surface area contributed by atoms with Crippen LogP contribution in [0.1, 0.15) is 19.4 Å². The van der Waals surface area contributed by atoms with Crippen LogP contribution in [0.25, 0.3) is 0 Å². The van der Waals surface area contributed by atoms with Crippen molar-refractivity contribution in [2.24, 2.45) is 0 Å². The summed E-state index contributed by atoms with van der Waals surface area (Å²) in [5, 5.41) is 3.18. The van der Waals surface area contributed by atoms with Crippen molar-refractivity contribution in [3.05, 3.63) is 29.6 Å². The average molecular weight is 211 g/mol. The third-order valence-electron chi connectivity index (χ3n) is 2.55. The van der Waals surface area contributed by atoms with Gasteiger partial charge in [0, 0.05) is 5.54 Å². The largest absolute Gasteiger partial charge is 0.496 e. The molecular formula is C12H18FNO. The van der Waals surface area contributed by atoms with Gasteiger partial charge in [-0.15, -0.1) is 0 Å². The van der Waals surface area contributed by atoms with Gasteiger partial charge in [-0.05, 0) is 51.1 Å². The summed E-state index contributed by atoms with van der Waals surface area (Å²) in [7, 11) is 3.49. The van der Waals surface area contributed by atoms with Crippen molar-refractivity contribution in [3.8, 4) is 5.75 Å². The molecule has 0 fully saturated rings. The number of nitrogens with one attached hydrogen (secondary N) is 1. The molecule has 0 aromatic heterocycles. The van der Waals surface area contributed by atoms with Crippen molar-refractivity contribution < 1.29 is 9.13 Å². The van der Waals surface area contributed by atoms with Crippen molar-refractivity contribution in [3.63, 3.8) is 0 Å². The van der Waals surface area contributed by atoms with Gasteiger partial charge < -0.3 is 10.1 Å². The van der Waals surface area contributed by atoms with Gasteiger partial charge in [0.25, 0.3) is 0 Å². The SMILES string of the molecule is CNC(C)(C)Cc1cc(F)ccc1OC. The van der Waals surface area contributed by atoms with E-state index < -0.39 is 0 Å². The highest BCUT2D eigenvalue weighted by Crippen LogP contribution is 2.23. The second-order valence-corrected chi connectivity index (χ2v) is 4.27. The summed E-state index contributed by atoms with van der Waals surface area (Å²) in [5.74, 6) is 0.512. The molecule has 0 bridgehead atoms. The molecule has 0 aliphatic carbocycles. The van der Waals surface area contributed by atoms with E-state index in [-0.39, 0.29) is 11.4 Å². The van der Waals surface area contributed by atoms with Crippen LogP contribution in [0.5, 0.6) is 5.75 Å². The maximum absolute atomic E-state index is 13.1. The number of hydrogen-bond donors (Lipinski definition) is 1. The standard InChI is InChI=1S/C12H18FNO/c1-12(2,14-3)8-9-7-10(13)5-6-11(9)15-4/h5-7,14H,8H2,1-4H3. The summed E-state index contributed by atoms with van der Waals surface area (Å²) in [6, 6.07) is 4.60. The molecule has 0 radical (unpaired) electrons. The summed E-state index contributed by atoms with van der Waals surface area (Å²) in [5.41, 5.74) is 0.818. The maximum Gasteiger partial charge on any atom is 0.123 e. The Labute approximate surface area is 90.4 Å². The molecule has 2 nitrogen and oxygen atoms in total. The van der Waals surface area contributed by atoms with Crippen LogP contribution >= 0.6 is 0 Å². The smallest absolute Gasteiger partial charge is 0.123 e. The molecule has 0 atom stereocenters. The Kier molecular flexibility index (Phi) is 3.69. The molecule has 3 heteroatoms. The van der Waals surface area contributed by atoms with E-state index in [0.717, 1.165) is 17.7 Å². The Bertz CT molecular complexity index is 336. The van der Waals surface area contributed by atoms with E-state index in [9.17, 15) is 4.39 Å². The minimum atomic E-state index is -0.224. The molecule has 1 aromatic carbocycles. The zero-order valence-corrected chi connectivity index (χ0v) is 9.73. The third-order valence-corrected chi connectivity index (χ3v) is 2.55. The van der Waals surface area contributed by atoms with Crippen molar-refractivity contribution in [1.82, 2.24) is 5.32 Å². The van der Waals surface area contributed by atoms with Crippen LogP contribution in [0.4, 0.5) is 4.39 Å². The predicted molar refractivity (Wildman–Crippen MR) is 59.8 cm³/mol. The lowest BCUT2D eigenvalue weighted by molar-refractivity contribution is 0.385. The second-order valence-electron chi connectivity index (χ2n) is 4.27. The monoisotopic (exact) mass is 211 g/mol. The first-order chi connectivity index (χ1) is 6.98. The first kappa shape index (κ1) is 12.0. The fourth-order valence-corrected chi connectivity index (χ4v) is 1.45.